The normalized spacial score (nSPS) is 11.5. The first kappa shape index (κ1) is 79.8. The predicted molar refractivity (Wildman–Crippen MR) is 428 cm³/mol. The molecule has 562 valence electrons. The van der Waals surface area contributed by atoms with Crippen LogP contribution in [0.5, 0.6) is 0 Å². The molecule has 0 aliphatic carbocycles. The summed E-state index contributed by atoms with van der Waals surface area (Å²) < 4.78 is 74.0. The van der Waals surface area contributed by atoms with Gasteiger partial charge in [-0.1, -0.05) is 34.8 Å². The van der Waals surface area contributed by atoms with E-state index in [0.29, 0.717) is 85.6 Å². The van der Waals surface area contributed by atoms with Gasteiger partial charge in [-0.25, -0.2) is 30.0 Å². The van der Waals surface area contributed by atoms with E-state index in [0.717, 1.165) is 106 Å². The van der Waals surface area contributed by atoms with Crippen LogP contribution in [0.2, 0.25) is 15.1 Å². The van der Waals surface area contributed by atoms with Gasteiger partial charge in [-0.15, -0.1) is 12.4 Å². The zero-order valence-electron chi connectivity index (χ0n) is 59.6. The maximum absolute atomic E-state index is 12.9. The number of carbonyl (C=O) groups excluding carboxylic acids is 2. The van der Waals surface area contributed by atoms with E-state index in [-0.39, 0.29) is 57.6 Å². The van der Waals surface area contributed by atoms with Gasteiger partial charge in [0.25, 0.3) is 11.8 Å². The molecule has 15 aromatic rings. The Balaban J connectivity index is 0.000000153. The number of aromatic carboxylic acids is 1. The standard InChI is InChI=1S/2C26H22ClN5O3S.C18H16N2O4S.C8H8ClN3.ClH/c2*1-15-7-18-8-16(10-24(36(2,34)35)25(18)29-13-15)9-20-11-17(5-6-28-20)26(33)30-14-23-21-12-19(27)3-4-22(21)31-32-23;1-11-5-14-6-12(7-15-9-13(18(21)22)3-4-19-15)8-16(25(2,23)24)17(14)20-10-11;9-5-1-2-7-6(3-5)8(4-10)12-11-7;/h2*3-8,10-13H,9,14H2,1-2H3,(H,30,33)(H,31,32);3-6,8-10H,7H2,1-2H3,(H,21,22);1-3H,4,10H2,(H,11,12);1H. The molecule has 25 nitrogen and oxygen atoms in total. The van der Waals surface area contributed by atoms with Crippen LogP contribution in [0.25, 0.3) is 65.4 Å². The second-order valence-electron chi connectivity index (χ2n) is 26.0. The van der Waals surface area contributed by atoms with E-state index < -0.39 is 35.5 Å². The number of carboxylic acids is 1. The van der Waals surface area contributed by atoms with E-state index in [9.17, 15) is 39.6 Å². The highest BCUT2D eigenvalue weighted by Crippen LogP contribution is 2.31. The third-order valence-corrected chi connectivity index (χ3v) is 21.3. The predicted octanol–water partition coefficient (Wildman–Crippen LogP) is 13.5. The van der Waals surface area contributed by atoms with Crippen molar-refractivity contribution >= 4 is 160 Å². The molecule has 0 aliphatic rings. The van der Waals surface area contributed by atoms with Gasteiger partial charge in [0, 0.05) is 157 Å². The van der Waals surface area contributed by atoms with Gasteiger partial charge in [-0.05, 0) is 200 Å². The fourth-order valence-electron chi connectivity index (χ4n) is 12.2. The molecule has 0 aliphatic heterocycles. The number of fused-ring (bicyclic) bond motifs is 6. The lowest BCUT2D eigenvalue weighted by Crippen LogP contribution is -2.23. The first-order valence-electron chi connectivity index (χ1n) is 33.4. The third kappa shape index (κ3) is 19.4. The van der Waals surface area contributed by atoms with Crippen molar-refractivity contribution < 1.29 is 44.7 Å². The van der Waals surface area contributed by atoms with Crippen LogP contribution in [0.15, 0.2) is 197 Å². The van der Waals surface area contributed by atoms with Crippen molar-refractivity contribution in [3.05, 3.63) is 282 Å². The van der Waals surface area contributed by atoms with Gasteiger partial charge in [-0.2, -0.15) is 15.3 Å². The fraction of sp³-hybridized carbons (Fsp3) is 0.154. The van der Waals surface area contributed by atoms with Gasteiger partial charge < -0.3 is 21.5 Å². The van der Waals surface area contributed by atoms with Gasteiger partial charge >= 0.3 is 5.97 Å². The number of carbonyl (C=O) groups is 3. The molecule has 0 unspecified atom stereocenters. The molecular weight excluding hydrogens is 1540 g/mol. The van der Waals surface area contributed by atoms with E-state index >= 15 is 0 Å². The monoisotopic (exact) mass is 1610 g/mol. The molecule has 15 rings (SSSR count). The molecule has 0 spiro atoms. The fourth-order valence-corrected chi connectivity index (χ4v) is 15.3. The van der Waals surface area contributed by atoms with Gasteiger partial charge in [0.05, 0.1) is 83.5 Å². The van der Waals surface area contributed by atoms with Crippen LogP contribution in [0.3, 0.4) is 0 Å². The zero-order chi connectivity index (χ0) is 77.6. The number of aromatic amines is 3. The molecule has 9 heterocycles. The molecule has 0 saturated carbocycles. The summed E-state index contributed by atoms with van der Waals surface area (Å²) >= 11 is 18.0. The van der Waals surface area contributed by atoms with Gasteiger partial charge in [0.2, 0.25) is 0 Å². The number of aryl methyl sites for hydroxylation is 3. The Labute approximate surface area is 652 Å². The first-order valence-corrected chi connectivity index (χ1v) is 40.2. The number of nitrogens with one attached hydrogen (secondary N) is 5. The lowest BCUT2D eigenvalue weighted by atomic mass is 10.0. The Bertz CT molecular complexity index is 6200. The molecule has 8 N–H and O–H groups in total. The summed E-state index contributed by atoms with van der Waals surface area (Å²) in [5, 5.41) is 42.9. The molecule has 110 heavy (non-hydrogen) atoms. The average molecular weight is 1610 g/mol. The number of H-pyrrole nitrogens is 3. The Morgan fingerprint density at radius 1 is 0.418 bits per heavy atom. The molecule has 9 aromatic heterocycles. The zero-order valence-corrected chi connectivity index (χ0v) is 65.1. The van der Waals surface area contributed by atoms with E-state index in [1.54, 1.807) is 97.7 Å². The summed E-state index contributed by atoms with van der Waals surface area (Å²) in [6.07, 6.45) is 14.1. The Morgan fingerprint density at radius 2 is 0.727 bits per heavy atom. The van der Waals surface area contributed by atoms with E-state index in [1.165, 1.54) is 30.8 Å². The summed E-state index contributed by atoms with van der Waals surface area (Å²) in [5.74, 6) is -1.56. The molecule has 0 radical (unpaired) electrons. The maximum Gasteiger partial charge on any atom is 0.335 e. The molecule has 6 aromatic carbocycles. The number of hydrogen-bond donors (Lipinski definition) is 7. The van der Waals surface area contributed by atoms with Crippen molar-refractivity contribution in [3.8, 4) is 0 Å². The van der Waals surface area contributed by atoms with Gasteiger partial charge in [0.1, 0.15) is 0 Å². The minimum atomic E-state index is -3.49. The summed E-state index contributed by atoms with van der Waals surface area (Å²) in [4.78, 5) is 63.2. The van der Waals surface area contributed by atoms with Crippen LogP contribution in [-0.4, -0.2) is 127 Å². The topological polar surface area (TPSA) is 387 Å². The van der Waals surface area contributed by atoms with Crippen molar-refractivity contribution in [2.45, 2.75) is 74.4 Å². The van der Waals surface area contributed by atoms with Crippen molar-refractivity contribution in [1.82, 2.24) is 71.1 Å². The number of halogens is 4. The second kappa shape index (κ2) is 33.7. The third-order valence-electron chi connectivity index (χ3n) is 17.2. The van der Waals surface area contributed by atoms with Crippen LogP contribution in [0.4, 0.5) is 0 Å². The lowest BCUT2D eigenvalue weighted by Gasteiger charge is -2.10. The van der Waals surface area contributed by atoms with Crippen molar-refractivity contribution in [1.29, 1.82) is 0 Å². The van der Waals surface area contributed by atoms with Gasteiger partial charge in [-0.3, -0.25) is 54.8 Å². The van der Waals surface area contributed by atoms with Crippen LogP contribution in [0.1, 0.15) is 98.6 Å². The molecule has 2 amide bonds. The van der Waals surface area contributed by atoms with Crippen LogP contribution in [0, 0.1) is 20.8 Å². The maximum atomic E-state index is 12.9. The highest BCUT2D eigenvalue weighted by molar-refractivity contribution is 7.91. The number of nitrogens with two attached hydrogens (primary N) is 1. The minimum absolute atomic E-state index is 0. The number of rotatable bonds is 17. The Morgan fingerprint density at radius 3 is 1.05 bits per heavy atom. The quantitative estimate of drug-likeness (QED) is 0.0445. The molecule has 0 fully saturated rings. The average Bonchev–Trinajstić information content (AvgIpc) is 1.22. The Kier molecular flexibility index (Phi) is 24.5. The van der Waals surface area contributed by atoms with Crippen LogP contribution in [-0.2, 0) is 68.4 Å². The van der Waals surface area contributed by atoms with E-state index in [1.807, 2.05) is 87.5 Å². The van der Waals surface area contributed by atoms with Crippen molar-refractivity contribution in [3.63, 3.8) is 0 Å². The molecule has 0 bridgehead atoms. The number of benzene rings is 6. The number of hydrogen-bond acceptors (Lipinski definition) is 19. The summed E-state index contributed by atoms with van der Waals surface area (Å²) in [7, 11) is -10.4. The van der Waals surface area contributed by atoms with Gasteiger partial charge in [0.15, 0.2) is 29.5 Å². The largest absolute Gasteiger partial charge is 0.478 e. The summed E-state index contributed by atoms with van der Waals surface area (Å²) in [6, 6.07) is 42.1. The summed E-state index contributed by atoms with van der Waals surface area (Å²) in [5.41, 5.74) is 19.6. The van der Waals surface area contributed by atoms with Crippen molar-refractivity contribution in [2.75, 3.05) is 18.8 Å². The lowest BCUT2D eigenvalue weighted by molar-refractivity contribution is 0.0695. The highest BCUT2D eigenvalue weighted by Gasteiger charge is 2.21. The molecular formula is C78H69Cl4N15O10S3. The minimum Gasteiger partial charge on any atom is -0.478 e. The Hall–Kier alpha value is -11.2. The molecule has 0 atom stereocenters. The number of aromatic nitrogens is 12. The highest BCUT2D eigenvalue weighted by atomic mass is 35.5. The molecule has 32 heteroatoms. The first-order chi connectivity index (χ1) is 51.9. The number of amides is 2. The SMILES string of the molecule is Cc1cnc2c(S(C)(=O)=O)cc(Cc3cc(C(=O)NCc4[nH]nc5ccc(Cl)cc45)ccn3)cc2c1.Cc1cnc2c(S(C)(=O)=O)cc(Cc3cc(C(=O)NCc4[nH]nc5ccc(Cl)cc45)ccn3)cc2c1.Cc1cnc2c(S(C)(=O)=O)cc(Cc3cc(C(=O)O)ccn3)cc2c1.Cl.NCc1[nH]nc2ccc(Cl)cc12. The van der Waals surface area contributed by atoms with Crippen LogP contribution >= 0.6 is 47.2 Å². The second-order valence-corrected chi connectivity index (χ2v) is 33.2. The summed E-state index contributed by atoms with van der Waals surface area (Å²) in [6.45, 7) is 6.66. The smallest absolute Gasteiger partial charge is 0.335 e. The van der Waals surface area contributed by atoms with E-state index in [4.69, 9.17) is 45.6 Å². The molecule has 0 saturated heterocycles. The van der Waals surface area contributed by atoms with E-state index in [2.05, 4.69) is 71.1 Å². The number of pyridine rings is 6. The number of carboxylic acid groups (broad SMARTS) is 1. The van der Waals surface area contributed by atoms with Crippen LogP contribution < -0.4 is 16.4 Å². The number of nitrogens with zero attached hydrogens (tertiary/aromatic N) is 9. The van der Waals surface area contributed by atoms with Crippen molar-refractivity contribution in [2.24, 2.45) is 5.73 Å². The number of sulfone groups is 3.